The first-order valence-corrected chi connectivity index (χ1v) is 11.1. The summed E-state index contributed by atoms with van der Waals surface area (Å²) in [5.41, 5.74) is 2.07. The molecule has 9 heteroatoms. The Morgan fingerprint density at radius 1 is 1.00 bits per heavy atom. The summed E-state index contributed by atoms with van der Waals surface area (Å²) in [6.45, 7) is 0.524. The molecule has 3 aromatic carbocycles. The van der Waals surface area contributed by atoms with Gasteiger partial charge in [0.2, 0.25) is 5.91 Å². The number of nitrogens with one attached hydrogen (secondary N) is 2. The van der Waals surface area contributed by atoms with E-state index in [9.17, 15) is 22.8 Å². The van der Waals surface area contributed by atoms with Gasteiger partial charge in [0, 0.05) is 17.9 Å². The second-order valence-corrected chi connectivity index (χ2v) is 8.14. The van der Waals surface area contributed by atoms with Gasteiger partial charge in [0.05, 0.1) is 12.7 Å². The number of anilines is 2. The quantitative estimate of drug-likeness (QED) is 0.489. The van der Waals surface area contributed by atoms with E-state index in [4.69, 9.17) is 4.74 Å². The smallest absolute Gasteiger partial charge is 0.416 e. The number of carbonyl (C=O) groups excluding carboxylic acids is 2. The van der Waals surface area contributed by atoms with Crippen molar-refractivity contribution in [3.05, 3.63) is 78.4 Å². The van der Waals surface area contributed by atoms with Gasteiger partial charge in [-0.15, -0.1) is 0 Å². The van der Waals surface area contributed by atoms with Gasteiger partial charge < -0.3 is 20.3 Å². The van der Waals surface area contributed by atoms with Crippen LogP contribution < -0.4 is 20.3 Å². The van der Waals surface area contributed by atoms with Gasteiger partial charge in [-0.3, -0.25) is 4.79 Å². The van der Waals surface area contributed by atoms with Crippen LogP contribution in [0.2, 0.25) is 0 Å². The van der Waals surface area contributed by atoms with Crippen molar-refractivity contribution in [1.82, 2.24) is 5.32 Å². The highest BCUT2D eigenvalue weighted by molar-refractivity contribution is 6.01. The predicted molar refractivity (Wildman–Crippen MR) is 127 cm³/mol. The van der Waals surface area contributed by atoms with Gasteiger partial charge in [-0.1, -0.05) is 24.3 Å². The maximum absolute atomic E-state index is 13.0. The van der Waals surface area contributed by atoms with Crippen molar-refractivity contribution in [1.29, 1.82) is 0 Å². The van der Waals surface area contributed by atoms with Crippen molar-refractivity contribution in [3.8, 4) is 16.9 Å². The molecule has 3 amide bonds. The van der Waals surface area contributed by atoms with E-state index in [2.05, 4.69) is 10.6 Å². The summed E-state index contributed by atoms with van der Waals surface area (Å²) < 4.78 is 43.4. The minimum absolute atomic E-state index is 0.198. The SMILES string of the molecule is COc1cccc(-c2ccc(N3CCC[C@@H](NC(=O)Nc4ccc(C(F)(F)F)cc4)C3=O)cc2)c1. The van der Waals surface area contributed by atoms with E-state index in [0.29, 0.717) is 19.4 Å². The van der Waals surface area contributed by atoms with Crippen molar-refractivity contribution in [2.24, 2.45) is 0 Å². The van der Waals surface area contributed by atoms with E-state index < -0.39 is 23.8 Å². The van der Waals surface area contributed by atoms with Crippen molar-refractivity contribution in [2.45, 2.75) is 25.1 Å². The number of halogens is 3. The second-order valence-electron chi connectivity index (χ2n) is 8.14. The summed E-state index contributed by atoms with van der Waals surface area (Å²) in [7, 11) is 1.61. The molecule has 0 aliphatic carbocycles. The van der Waals surface area contributed by atoms with Crippen LogP contribution in [0.4, 0.5) is 29.3 Å². The topological polar surface area (TPSA) is 70.7 Å². The molecule has 0 unspecified atom stereocenters. The number of methoxy groups -OCH3 is 1. The van der Waals surface area contributed by atoms with Crippen LogP contribution in [0.3, 0.4) is 0 Å². The van der Waals surface area contributed by atoms with E-state index in [-0.39, 0.29) is 11.6 Å². The number of rotatable bonds is 5. The molecule has 1 aliphatic rings. The van der Waals surface area contributed by atoms with Crippen LogP contribution in [0.15, 0.2) is 72.8 Å². The monoisotopic (exact) mass is 483 g/mol. The molecule has 1 fully saturated rings. The number of ether oxygens (including phenoxy) is 1. The number of urea groups is 1. The van der Waals surface area contributed by atoms with E-state index in [0.717, 1.165) is 34.7 Å². The summed E-state index contributed by atoms with van der Waals surface area (Å²) in [6.07, 6.45) is -3.29. The molecule has 6 nitrogen and oxygen atoms in total. The third-order valence-electron chi connectivity index (χ3n) is 5.80. The molecule has 0 spiro atoms. The third-order valence-corrected chi connectivity index (χ3v) is 5.80. The minimum atomic E-state index is -4.45. The molecule has 35 heavy (non-hydrogen) atoms. The number of nitrogens with zero attached hydrogens (tertiary/aromatic N) is 1. The van der Waals surface area contributed by atoms with Gasteiger partial charge >= 0.3 is 12.2 Å². The Morgan fingerprint density at radius 3 is 2.37 bits per heavy atom. The maximum Gasteiger partial charge on any atom is 0.416 e. The van der Waals surface area contributed by atoms with Crippen molar-refractivity contribution >= 4 is 23.3 Å². The lowest BCUT2D eigenvalue weighted by Crippen LogP contribution is -2.53. The Hall–Kier alpha value is -4.01. The molecule has 4 rings (SSSR count). The molecule has 1 atom stereocenters. The highest BCUT2D eigenvalue weighted by Crippen LogP contribution is 2.30. The summed E-state index contributed by atoms with van der Waals surface area (Å²) >= 11 is 0. The van der Waals surface area contributed by atoms with E-state index >= 15 is 0 Å². The van der Waals surface area contributed by atoms with E-state index in [1.807, 2.05) is 48.5 Å². The molecule has 1 heterocycles. The van der Waals surface area contributed by atoms with Crippen LogP contribution >= 0.6 is 0 Å². The first-order valence-electron chi connectivity index (χ1n) is 11.1. The molecule has 0 bridgehead atoms. The molecular formula is C26H24F3N3O3. The number of carbonyl (C=O) groups is 2. The number of hydrogen-bond donors (Lipinski definition) is 2. The van der Waals surface area contributed by atoms with E-state index in [1.165, 1.54) is 12.1 Å². The molecule has 182 valence electrons. The number of benzene rings is 3. The average molecular weight is 483 g/mol. The molecule has 1 aliphatic heterocycles. The number of amides is 3. The number of piperidine rings is 1. The molecular weight excluding hydrogens is 459 g/mol. The highest BCUT2D eigenvalue weighted by Gasteiger charge is 2.32. The van der Waals surface area contributed by atoms with Gasteiger partial charge in [0.25, 0.3) is 0 Å². The predicted octanol–water partition coefficient (Wildman–Crippen LogP) is 5.70. The third kappa shape index (κ3) is 5.74. The Morgan fingerprint density at radius 2 is 1.71 bits per heavy atom. The highest BCUT2D eigenvalue weighted by atomic mass is 19.4. The largest absolute Gasteiger partial charge is 0.497 e. The van der Waals surface area contributed by atoms with Crippen molar-refractivity contribution in [2.75, 3.05) is 23.9 Å². The molecule has 0 radical (unpaired) electrons. The lowest BCUT2D eigenvalue weighted by molar-refractivity contribution is -0.137. The van der Waals surface area contributed by atoms with Crippen LogP contribution in [0.5, 0.6) is 5.75 Å². The van der Waals surface area contributed by atoms with Gasteiger partial charge in [0.15, 0.2) is 0 Å². The Balaban J connectivity index is 1.39. The van der Waals surface area contributed by atoms with Crippen molar-refractivity contribution in [3.63, 3.8) is 0 Å². The lowest BCUT2D eigenvalue weighted by Gasteiger charge is -2.32. The second kappa shape index (κ2) is 10.1. The molecule has 0 aromatic heterocycles. The average Bonchev–Trinajstić information content (AvgIpc) is 2.85. The summed E-state index contributed by atoms with van der Waals surface area (Å²) in [5, 5.41) is 5.11. The zero-order valence-corrected chi connectivity index (χ0v) is 18.9. The minimum Gasteiger partial charge on any atom is -0.497 e. The summed E-state index contributed by atoms with van der Waals surface area (Å²) in [5.74, 6) is 0.509. The summed E-state index contributed by atoms with van der Waals surface area (Å²) in [4.78, 5) is 27.1. The molecule has 2 N–H and O–H groups in total. The number of hydrogen-bond acceptors (Lipinski definition) is 3. The van der Waals surface area contributed by atoms with Crippen LogP contribution in [0, 0.1) is 0 Å². The zero-order valence-electron chi connectivity index (χ0n) is 18.9. The van der Waals surface area contributed by atoms with Crippen LogP contribution in [-0.2, 0) is 11.0 Å². The van der Waals surface area contributed by atoms with Gasteiger partial charge in [-0.25, -0.2) is 4.79 Å². The zero-order chi connectivity index (χ0) is 25.0. The Labute approximate surface area is 200 Å². The van der Waals surface area contributed by atoms with Crippen LogP contribution in [0.25, 0.3) is 11.1 Å². The fourth-order valence-electron chi connectivity index (χ4n) is 3.97. The molecule has 3 aromatic rings. The lowest BCUT2D eigenvalue weighted by atomic mass is 10.0. The van der Waals surface area contributed by atoms with Crippen LogP contribution in [0.1, 0.15) is 18.4 Å². The molecule has 0 saturated carbocycles. The van der Waals surface area contributed by atoms with Crippen molar-refractivity contribution < 1.29 is 27.5 Å². The van der Waals surface area contributed by atoms with Gasteiger partial charge in [-0.2, -0.15) is 13.2 Å². The first kappa shape index (κ1) is 24.1. The Bertz CT molecular complexity index is 1190. The fraction of sp³-hybridized carbons (Fsp3) is 0.231. The van der Waals surface area contributed by atoms with E-state index in [1.54, 1.807) is 12.0 Å². The van der Waals surface area contributed by atoms with Crippen LogP contribution in [-0.4, -0.2) is 31.6 Å². The Kier molecular flexibility index (Phi) is 6.95. The normalized spacial score (nSPS) is 16.1. The standard InChI is InChI=1S/C26H24F3N3O3/c1-35-22-5-2-4-18(16-22)17-7-13-21(14-8-17)32-15-3-6-23(24(32)33)31-25(34)30-20-11-9-19(10-12-20)26(27,28)29/h2,4-5,7-14,16,23H,3,6,15H2,1H3,(H2,30,31,34)/t23-/m1/s1. The van der Waals surface area contributed by atoms with Gasteiger partial charge in [-0.05, 0) is 72.5 Å². The fourth-order valence-corrected chi connectivity index (χ4v) is 3.97. The van der Waals surface area contributed by atoms with Gasteiger partial charge in [0.1, 0.15) is 11.8 Å². The first-order chi connectivity index (χ1) is 16.7. The maximum atomic E-state index is 13.0. The number of alkyl halides is 3. The summed E-state index contributed by atoms with van der Waals surface area (Å²) in [6, 6.07) is 17.9. The molecule has 1 saturated heterocycles.